The zero-order valence-electron chi connectivity index (χ0n) is 7.54. The minimum absolute atomic E-state index is 0.245. The van der Waals surface area contributed by atoms with Crippen LogP contribution in [0.1, 0.15) is 15.9 Å². The monoisotopic (exact) mass is 198 g/mol. The van der Waals surface area contributed by atoms with Gasteiger partial charge in [0.05, 0.1) is 0 Å². The first-order valence-electron chi connectivity index (χ1n) is 3.80. The van der Waals surface area contributed by atoms with E-state index in [9.17, 15) is 4.79 Å². The molecule has 0 saturated heterocycles. The average Bonchev–Trinajstić information content (AvgIpc) is 2.01. The quantitative estimate of drug-likeness (QED) is 0.423. The predicted octanol–water partition coefficient (Wildman–Crippen LogP) is 1.59. The molecule has 0 aliphatic rings. The Balaban J connectivity index is 3.08. The first-order chi connectivity index (χ1) is 6.00. The number of aryl methyl sites for hydroxylation is 1. The van der Waals surface area contributed by atoms with Gasteiger partial charge in [0.1, 0.15) is 0 Å². The molecule has 70 valence electrons. The molecule has 0 atom stereocenters. The maximum atomic E-state index is 11.4. The molecular weight excluding hydrogens is 188 g/mol. The Labute approximate surface area is 82.1 Å². The summed E-state index contributed by atoms with van der Waals surface area (Å²) in [5.41, 5.74) is 1.45. The van der Waals surface area contributed by atoms with Gasteiger partial charge in [-0.25, -0.2) is 5.84 Å². The Morgan fingerprint density at radius 1 is 1.46 bits per heavy atom. The van der Waals surface area contributed by atoms with Crippen molar-refractivity contribution >= 4 is 17.5 Å². The van der Waals surface area contributed by atoms with Gasteiger partial charge in [0.15, 0.2) is 0 Å². The lowest BCUT2D eigenvalue weighted by atomic mass is 10.1. The van der Waals surface area contributed by atoms with Crippen molar-refractivity contribution in [2.24, 2.45) is 5.84 Å². The lowest BCUT2D eigenvalue weighted by Crippen LogP contribution is -2.33. The predicted molar refractivity (Wildman–Crippen MR) is 52.5 cm³/mol. The normalized spacial score (nSPS) is 9.85. The van der Waals surface area contributed by atoms with Gasteiger partial charge in [-0.05, 0) is 30.7 Å². The highest BCUT2D eigenvalue weighted by Crippen LogP contribution is 2.15. The summed E-state index contributed by atoms with van der Waals surface area (Å²) in [6.45, 7) is 1.87. The minimum Gasteiger partial charge on any atom is -0.280 e. The fourth-order valence-corrected chi connectivity index (χ4v) is 1.35. The zero-order valence-corrected chi connectivity index (χ0v) is 8.30. The first-order valence-corrected chi connectivity index (χ1v) is 4.18. The number of rotatable bonds is 1. The van der Waals surface area contributed by atoms with Crippen molar-refractivity contribution in [3.05, 3.63) is 34.3 Å². The van der Waals surface area contributed by atoms with Gasteiger partial charge in [-0.3, -0.25) is 9.80 Å². The Bertz CT molecular complexity index is 316. The molecular formula is C9H11ClN2O. The standard InChI is InChI=1S/C9H11ClN2O/c1-6-3-7(5-8(10)4-6)9(13)12(2)11/h3-5H,11H2,1-2H3. The van der Waals surface area contributed by atoms with Crippen LogP contribution in [0.5, 0.6) is 0 Å². The van der Waals surface area contributed by atoms with E-state index in [0.29, 0.717) is 10.6 Å². The maximum Gasteiger partial charge on any atom is 0.267 e. The average molecular weight is 199 g/mol. The van der Waals surface area contributed by atoms with Crippen molar-refractivity contribution in [2.75, 3.05) is 7.05 Å². The summed E-state index contributed by atoms with van der Waals surface area (Å²) >= 11 is 5.79. The van der Waals surface area contributed by atoms with Crippen LogP contribution in [0.25, 0.3) is 0 Å². The summed E-state index contributed by atoms with van der Waals surface area (Å²) in [7, 11) is 1.50. The molecule has 0 saturated carbocycles. The van der Waals surface area contributed by atoms with E-state index in [1.165, 1.54) is 7.05 Å². The van der Waals surface area contributed by atoms with Crippen LogP contribution in [0.4, 0.5) is 0 Å². The van der Waals surface area contributed by atoms with Crippen molar-refractivity contribution in [3.8, 4) is 0 Å². The van der Waals surface area contributed by atoms with Gasteiger partial charge >= 0.3 is 0 Å². The summed E-state index contributed by atoms with van der Waals surface area (Å²) < 4.78 is 0. The number of nitrogens with zero attached hydrogens (tertiary/aromatic N) is 1. The van der Waals surface area contributed by atoms with Crippen molar-refractivity contribution in [3.63, 3.8) is 0 Å². The Morgan fingerprint density at radius 3 is 2.54 bits per heavy atom. The molecule has 0 aliphatic heterocycles. The lowest BCUT2D eigenvalue weighted by Gasteiger charge is -2.10. The van der Waals surface area contributed by atoms with Gasteiger partial charge in [-0.15, -0.1) is 0 Å². The van der Waals surface area contributed by atoms with Crippen LogP contribution in [-0.2, 0) is 0 Å². The van der Waals surface area contributed by atoms with Gasteiger partial charge in [0, 0.05) is 17.6 Å². The van der Waals surface area contributed by atoms with Crippen LogP contribution >= 0.6 is 11.6 Å². The second kappa shape index (κ2) is 3.77. The number of nitrogens with two attached hydrogens (primary N) is 1. The highest BCUT2D eigenvalue weighted by Gasteiger charge is 2.08. The minimum atomic E-state index is -0.245. The third-order valence-corrected chi connectivity index (χ3v) is 1.83. The molecule has 0 aromatic heterocycles. The van der Waals surface area contributed by atoms with E-state index in [1.54, 1.807) is 18.2 Å². The number of benzene rings is 1. The molecule has 0 unspecified atom stereocenters. The van der Waals surface area contributed by atoms with E-state index in [0.717, 1.165) is 10.6 Å². The van der Waals surface area contributed by atoms with Crippen LogP contribution in [0, 0.1) is 6.92 Å². The number of hydrazine groups is 1. The summed E-state index contributed by atoms with van der Waals surface area (Å²) in [5.74, 6) is 5.06. The molecule has 1 amide bonds. The van der Waals surface area contributed by atoms with Crippen LogP contribution in [0.15, 0.2) is 18.2 Å². The van der Waals surface area contributed by atoms with Crippen molar-refractivity contribution < 1.29 is 4.79 Å². The summed E-state index contributed by atoms with van der Waals surface area (Å²) in [5, 5.41) is 1.58. The number of hydrogen-bond donors (Lipinski definition) is 1. The van der Waals surface area contributed by atoms with Crippen LogP contribution in [-0.4, -0.2) is 18.0 Å². The van der Waals surface area contributed by atoms with Gasteiger partial charge in [-0.2, -0.15) is 0 Å². The first kappa shape index (κ1) is 10.0. The fraction of sp³-hybridized carbons (Fsp3) is 0.222. The van der Waals surface area contributed by atoms with Crippen molar-refractivity contribution in [1.29, 1.82) is 0 Å². The number of hydrogen-bond acceptors (Lipinski definition) is 2. The Morgan fingerprint density at radius 2 is 2.08 bits per heavy atom. The fourth-order valence-electron chi connectivity index (χ4n) is 1.06. The molecule has 4 heteroatoms. The van der Waals surface area contributed by atoms with Gasteiger partial charge in [0.25, 0.3) is 5.91 Å². The zero-order chi connectivity index (χ0) is 10.0. The molecule has 3 nitrogen and oxygen atoms in total. The van der Waals surface area contributed by atoms with Gasteiger partial charge < -0.3 is 0 Å². The molecule has 0 aliphatic carbocycles. The summed E-state index contributed by atoms with van der Waals surface area (Å²) in [4.78, 5) is 11.4. The van der Waals surface area contributed by atoms with Crippen molar-refractivity contribution in [2.45, 2.75) is 6.92 Å². The second-order valence-corrected chi connectivity index (χ2v) is 3.37. The van der Waals surface area contributed by atoms with Crippen molar-refractivity contribution in [1.82, 2.24) is 5.01 Å². The van der Waals surface area contributed by atoms with Gasteiger partial charge in [-0.1, -0.05) is 11.6 Å². The van der Waals surface area contributed by atoms with E-state index >= 15 is 0 Å². The molecule has 0 fully saturated rings. The van der Waals surface area contributed by atoms with E-state index in [-0.39, 0.29) is 5.91 Å². The molecule has 1 aromatic carbocycles. The molecule has 0 bridgehead atoms. The molecule has 1 rings (SSSR count). The largest absolute Gasteiger partial charge is 0.280 e. The molecule has 0 radical (unpaired) electrons. The topological polar surface area (TPSA) is 46.3 Å². The van der Waals surface area contributed by atoms with E-state index < -0.39 is 0 Å². The summed E-state index contributed by atoms with van der Waals surface area (Å²) in [6.07, 6.45) is 0. The second-order valence-electron chi connectivity index (χ2n) is 2.93. The van der Waals surface area contributed by atoms with Crippen LogP contribution in [0.2, 0.25) is 5.02 Å². The van der Waals surface area contributed by atoms with Gasteiger partial charge in [0.2, 0.25) is 0 Å². The number of halogens is 1. The van der Waals surface area contributed by atoms with Crippen LogP contribution < -0.4 is 5.84 Å². The molecule has 0 spiro atoms. The Hall–Kier alpha value is -1.06. The van der Waals surface area contributed by atoms with Crippen LogP contribution in [0.3, 0.4) is 0 Å². The van der Waals surface area contributed by atoms with E-state index in [1.807, 2.05) is 6.92 Å². The molecule has 2 N–H and O–H groups in total. The highest BCUT2D eigenvalue weighted by atomic mass is 35.5. The Kier molecular flexibility index (Phi) is 2.90. The third-order valence-electron chi connectivity index (χ3n) is 1.61. The third kappa shape index (κ3) is 2.44. The lowest BCUT2D eigenvalue weighted by molar-refractivity contribution is 0.0795. The molecule has 13 heavy (non-hydrogen) atoms. The SMILES string of the molecule is Cc1cc(Cl)cc(C(=O)N(C)N)c1. The molecule has 1 aromatic rings. The van der Waals surface area contributed by atoms with E-state index in [2.05, 4.69) is 0 Å². The van der Waals surface area contributed by atoms with E-state index in [4.69, 9.17) is 17.4 Å². The highest BCUT2D eigenvalue weighted by molar-refractivity contribution is 6.31. The number of amides is 1. The molecule has 0 heterocycles. The maximum absolute atomic E-state index is 11.4. The summed E-state index contributed by atoms with van der Waals surface area (Å²) in [6, 6.07) is 5.13. The smallest absolute Gasteiger partial charge is 0.267 e. The number of carbonyl (C=O) groups excluding carboxylic acids is 1. The number of carbonyl (C=O) groups is 1.